The van der Waals surface area contributed by atoms with Gasteiger partial charge < -0.3 is 0 Å². The predicted molar refractivity (Wildman–Crippen MR) is 91.3 cm³/mol. The van der Waals surface area contributed by atoms with E-state index in [0.29, 0.717) is 20.9 Å². The summed E-state index contributed by atoms with van der Waals surface area (Å²) in [5.74, 6) is 0.599. The molecule has 3 rings (SSSR count). The molecule has 1 fully saturated rings. The third kappa shape index (κ3) is 4.49. The van der Waals surface area contributed by atoms with Gasteiger partial charge in [-0.15, -0.1) is 0 Å². The number of ether oxygens (including phenoxy) is 1. The first-order valence-electron chi connectivity index (χ1n) is 7.08. The zero-order valence-electron chi connectivity index (χ0n) is 11.8. The molecule has 1 saturated heterocycles. The van der Waals surface area contributed by atoms with E-state index in [0.717, 1.165) is 13.2 Å². The first kappa shape index (κ1) is 14.9. The molecule has 2 aromatic rings. The van der Waals surface area contributed by atoms with E-state index in [1.165, 1.54) is 20.2 Å². The molecule has 1 aliphatic rings. The second-order valence-electron chi connectivity index (χ2n) is 4.96. The quantitative estimate of drug-likeness (QED) is 0.593. The molecule has 0 radical (unpaired) electrons. The second kappa shape index (κ2) is 7.86. The molecule has 0 aromatic heterocycles. The molecule has 1 aliphatic heterocycles. The van der Waals surface area contributed by atoms with Crippen LogP contribution in [0.25, 0.3) is 0 Å². The molecule has 1 atom stereocenters. The van der Waals surface area contributed by atoms with Gasteiger partial charge in [0.2, 0.25) is 0 Å². The fourth-order valence-electron chi connectivity index (χ4n) is 2.19. The third-order valence-corrected chi connectivity index (χ3v) is 6.83. The van der Waals surface area contributed by atoms with Gasteiger partial charge in [-0.1, -0.05) is 0 Å². The number of hydrogen-bond donors (Lipinski definition) is 0. The van der Waals surface area contributed by atoms with E-state index >= 15 is 0 Å². The maximum atomic E-state index is 5.67. The van der Waals surface area contributed by atoms with Gasteiger partial charge in [0.25, 0.3) is 0 Å². The molecule has 1 nitrogen and oxygen atoms in total. The number of rotatable bonds is 5. The van der Waals surface area contributed by atoms with Crippen LogP contribution in [-0.2, 0) is 4.74 Å². The summed E-state index contributed by atoms with van der Waals surface area (Å²) in [6.45, 7) is 1.69. The minimum atomic E-state index is 0.538. The average molecular weight is 361 g/mol. The Hall–Kier alpha value is -0.991. The van der Waals surface area contributed by atoms with Crippen molar-refractivity contribution in [2.75, 3.05) is 13.2 Å². The maximum absolute atomic E-state index is 5.67. The zero-order valence-corrected chi connectivity index (χ0v) is 14.3. The van der Waals surface area contributed by atoms with Crippen molar-refractivity contribution in [3.8, 4) is 0 Å². The van der Waals surface area contributed by atoms with Gasteiger partial charge in [0.05, 0.1) is 0 Å². The van der Waals surface area contributed by atoms with Gasteiger partial charge in [0.1, 0.15) is 0 Å². The summed E-state index contributed by atoms with van der Waals surface area (Å²) in [4.78, 5) is 1.30. The molecule has 0 amide bonds. The Kier molecular flexibility index (Phi) is 5.59. The molecule has 0 N–H and O–H groups in total. The van der Waals surface area contributed by atoms with Gasteiger partial charge in [-0.3, -0.25) is 0 Å². The van der Waals surface area contributed by atoms with Crippen LogP contribution in [0.5, 0.6) is 0 Å². The van der Waals surface area contributed by atoms with Crippen molar-refractivity contribution in [2.45, 2.75) is 10.2 Å². The van der Waals surface area contributed by atoms with Crippen molar-refractivity contribution in [1.29, 1.82) is 0 Å². The molecule has 1 heterocycles. The van der Waals surface area contributed by atoms with Crippen LogP contribution in [0.1, 0.15) is 0 Å². The van der Waals surface area contributed by atoms with E-state index in [9.17, 15) is 0 Å². The summed E-state index contributed by atoms with van der Waals surface area (Å²) in [7, 11) is 0. The summed E-state index contributed by atoms with van der Waals surface area (Å²) < 4.78 is 7.15. The summed E-state index contributed by atoms with van der Waals surface area (Å²) in [5, 5.41) is 3.53. The summed E-state index contributed by atoms with van der Waals surface area (Å²) >= 11 is 2.35. The Morgan fingerprint density at radius 2 is 1.76 bits per heavy atom. The predicted octanol–water partition coefficient (Wildman–Crippen LogP) is 3.76. The SMILES string of the molecule is C(/Sc1ccccc1)=C1/COCC1C[Se]c1ccccc1. The molecule has 2 aromatic carbocycles. The van der Waals surface area contributed by atoms with Gasteiger partial charge >= 0.3 is 137 Å². The second-order valence-corrected chi connectivity index (χ2v) is 8.20. The van der Waals surface area contributed by atoms with Crippen molar-refractivity contribution < 1.29 is 4.74 Å². The van der Waals surface area contributed by atoms with E-state index in [1.54, 1.807) is 0 Å². The molecule has 21 heavy (non-hydrogen) atoms. The van der Waals surface area contributed by atoms with Crippen molar-refractivity contribution in [2.24, 2.45) is 5.92 Å². The van der Waals surface area contributed by atoms with E-state index in [-0.39, 0.29) is 0 Å². The van der Waals surface area contributed by atoms with Crippen LogP contribution in [0.2, 0.25) is 5.32 Å². The number of thioether (sulfide) groups is 1. The fourth-order valence-corrected chi connectivity index (χ4v) is 5.26. The van der Waals surface area contributed by atoms with E-state index in [4.69, 9.17) is 4.74 Å². The van der Waals surface area contributed by atoms with Crippen LogP contribution in [0.4, 0.5) is 0 Å². The molecular formula is C18H18OSSe. The van der Waals surface area contributed by atoms with Gasteiger partial charge in [0.15, 0.2) is 0 Å². The molecule has 0 aliphatic carbocycles. The molecule has 0 bridgehead atoms. The topological polar surface area (TPSA) is 9.23 Å². The third-order valence-electron chi connectivity index (χ3n) is 3.40. The summed E-state index contributed by atoms with van der Waals surface area (Å²) in [6, 6.07) is 21.3. The first-order chi connectivity index (χ1) is 10.4. The van der Waals surface area contributed by atoms with Crippen LogP contribution in [0, 0.1) is 5.92 Å². The summed E-state index contributed by atoms with van der Waals surface area (Å²) in [6.07, 6.45) is 0. The van der Waals surface area contributed by atoms with Crippen LogP contribution in [0.3, 0.4) is 0 Å². The first-order valence-corrected chi connectivity index (χ1v) is 10.0. The van der Waals surface area contributed by atoms with Crippen LogP contribution >= 0.6 is 11.8 Å². The Morgan fingerprint density at radius 3 is 2.52 bits per heavy atom. The standard InChI is InChI=1S/C18H18OSSe/c1-3-7-17(8-4-1)20-13-15-11-19-12-16(15)14-21-18-9-5-2-6-10-18/h1-10,13,16H,11-12,14H2/b15-13+. The minimum absolute atomic E-state index is 0.538. The van der Waals surface area contributed by atoms with E-state index in [2.05, 4.69) is 66.1 Å². The molecule has 3 heteroatoms. The van der Waals surface area contributed by atoms with Crippen LogP contribution in [-0.4, -0.2) is 28.2 Å². The molecule has 0 saturated carbocycles. The van der Waals surface area contributed by atoms with Crippen molar-refractivity contribution in [3.05, 3.63) is 71.6 Å². The molecule has 0 spiro atoms. The molecule has 1 unspecified atom stereocenters. The Bertz CT molecular complexity index is 583. The van der Waals surface area contributed by atoms with Gasteiger partial charge in [-0.25, -0.2) is 0 Å². The monoisotopic (exact) mass is 362 g/mol. The average Bonchev–Trinajstić information content (AvgIpc) is 3.00. The van der Waals surface area contributed by atoms with Crippen molar-refractivity contribution >= 4 is 31.2 Å². The molecule has 108 valence electrons. The van der Waals surface area contributed by atoms with E-state index in [1.807, 2.05) is 11.8 Å². The zero-order chi connectivity index (χ0) is 14.3. The summed E-state index contributed by atoms with van der Waals surface area (Å²) in [5.41, 5.74) is 1.46. The van der Waals surface area contributed by atoms with Crippen LogP contribution < -0.4 is 4.46 Å². The Morgan fingerprint density at radius 1 is 1.05 bits per heavy atom. The van der Waals surface area contributed by atoms with Gasteiger partial charge in [-0.05, 0) is 0 Å². The number of benzene rings is 2. The Labute approximate surface area is 136 Å². The van der Waals surface area contributed by atoms with E-state index < -0.39 is 0 Å². The number of hydrogen-bond acceptors (Lipinski definition) is 2. The molecular weight excluding hydrogens is 343 g/mol. The van der Waals surface area contributed by atoms with Crippen molar-refractivity contribution in [3.63, 3.8) is 0 Å². The fraction of sp³-hybridized carbons (Fsp3) is 0.222. The van der Waals surface area contributed by atoms with Gasteiger partial charge in [0, 0.05) is 0 Å². The van der Waals surface area contributed by atoms with Gasteiger partial charge in [-0.2, -0.15) is 0 Å². The van der Waals surface area contributed by atoms with Crippen molar-refractivity contribution in [1.82, 2.24) is 0 Å². The Balaban J connectivity index is 1.57. The normalized spacial score (nSPS) is 20.0. The van der Waals surface area contributed by atoms with Crippen LogP contribution in [0.15, 0.2) is 76.5 Å².